The van der Waals surface area contributed by atoms with E-state index in [4.69, 9.17) is 4.74 Å². The Balaban J connectivity index is 2.16. The first kappa shape index (κ1) is 10.2. The molecule has 0 atom stereocenters. The maximum atomic E-state index is 5.08. The lowest BCUT2D eigenvalue weighted by Crippen LogP contribution is -1.89. The van der Waals surface area contributed by atoms with Crippen LogP contribution in [0.2, 0.25) is 0 Å². The number of hydrogen-bond donors (Lipinski definition) is 0. The molecule has 2 rings (SSSR count). The van der Waals surface area contributed by atoms with Crippen molar-refractivity contribution in [2.24, 2.45) is 0 Å². The second-order valence-electron chi connectivity index (χ2n) is 3.77. The van der Waals surface area contributed by atoms with Crippen LogP contribution < -0.4 is 0 Å². The third kappa shape index (κ3) is 2.57. The molecule has 0 N–H and O–H groups in total. The molecule has 0 aromatic heterocycles. The smallest absolute Gasteiger partial charge is 0.0713 e. The molecule has 0 amide bonds. The number of benzene rings is 1. The number of rotatable bonds is 3. The fourth-order valence-corrected chi connectivity index (χ4v) is 1.79. The van der Waals surface area contributed by atoms with E-state index in [0.29, 0.717) is 6.61 Å². The fourth-order valence-electron chi connectivity index (χ4n) is 1.79. The van der Waals surface area contributed by atoms with E-state index in [0.717, 1.165) is 6.42 Å². The van der Waals surface area contributed by atoms with Gasteiger partial charge in [0.25, 0.3) is 0 Å². The van der Waals surface area contributed by atoms with Crippen molar-refractivity contribution in [1.82, 2.24) is 0 Å². The van der Waals surface area contributed by atoms with Gasteiger partial charge in [0.1, 0.15) is 0 Å². The summed E-state index contributed by atoms with van der Waals surface area (Å²) in [5, 5.41) is 0. The molecule has 1 aliphatic rings. The quantitative estimate of drug-likeness (QED) is 0.724. The van der Waals surface area contributed by atoms with E-state index in [2.05, 4.69) is 42.5 Å². The van der Waals surface area contributed by atoms with Crippen LogP contribution in [0.1, 0.15) is 24.0 Å². The molecule has 0 saturated carbocycles. The summed E-state index contributed by atoms with van der Waals surface area (Å²) in [6, 6.07) is 8.58. The predicted molar refractivity (Wildman–Crippen MR) is 63.5 cm³/mol. The van der Waals surface area contributed by atoms with Crippen molar-refractivity contribution in [3.05, 3.63) is 53.6 Å². The number of ether oxygens (including phenoxy) is 1. The molecule has 0 bridgehead atoms. The van der Waals surface area contributed by atoms with Crippen LogP contribution in [0, 0.1) is 0 Å². The van der Waals surface area contributed by atoms with Crippen LogP contribution in [-0.2, 0) is 11.3 Å². The molecular weight excluding hydrogens is 184 g/mol. The highest BCUT2D eigenvalue weighted by Crippen LogP contribution is 2.21. The SMILES string of the molecule is COCc1ccc(C2=CCCC=C2)cc1. The largest absolute Gasteiger partial charge is 0.380 e. The fraction of sp³-hybridized carbons (Fsp3) is 0.286. The Morgan fingerprint density at radius 1 is 1.13 bits per heavy atom. The summed E-state index contributed by atoms with van der Waals surface area (Å²) in [7, 11) is 1.72. The summed E-state index contributed by atoms with van der Waals surface area (Å²) >= 11 is 0. The Kier molecular flexibility index (Phi) is 3.36. The summed E-state index contributed by atoms with van der Waals surface area (Å²) in [5.74, 6) is 0. The van der Waals surface area contributed by atoms with Gasteiger partial charge in [0.15, 0.2) is 0 Å². The van der Waals surface area contributed by atoms with Crippen molar-refractivity contribution in [2.45, 2.75) is 19.4 Å². The predicted octanol–water partition coefficient (Wildman–Crippen LogP) is 3.57. The summed E-state index contributed by atoms with van der Waals surface area (Å²) in [4.78, 5) is 0. The van der Waals surface area contributed by atoms with E-state index in [1.807, 2.05) is 0 Å². The highest BCUT2D eigenvalue weighted by molar-refractivity contribution is 5.74. The topological polar surface area (TPSA) is 9.23 Å². The highest BCUT2D eigenvalue weighted by atomic mass is 16.5. The zero-order valence-corrected chi connectivity index (χ0v) is 9.07. The van der Waals surface area contributed by atoms with Crippen LogP contribution in [0.4, 0.5) is 0 Å². The normalized spacial score (nSPS) is 15.1. The average molecular weight is 200 g/mol. The van der Waals surface area contributed by atoms with E-state index >= 15 is 0 Å². The van der Waals surface area contributed by atoms with Crippen LogP contribution >= 0.6 is 0 Å². The minimum absolute atomic E-state index is 0.690. The van der Waals surface area contributed by atoms with Crippen molar-refractivity contribution in [3.63, 3.8) is 0 Å². The minimum Gasteiger partial charge on any atom is -0.380 e. The van der Waals surface area contributed by atoms with E-state index in [1.165, 1.54) is 23.1 Å². The van der Waals surface area contributed by atoms with Gasteiger partial charge < -0.3 is 4.74 Å². The monoisotopic (exact) mass is 200 g/mol. The van der Waals surface area contributed by atoms with Crippen molar-refractivity contribution < 1.29 is 4.74 Å². The lowest BCUT2D eigenvalue weighted by Gasteiger charge is -2.07. The van der Waals surface area contributed by atoms with Crippen molar-refractivity contribution in [3.8, 4) is 0 Å². The number of hydrogen-bond acceptors (Lipinski definition) is 1. The molecule has 1 nitrogen and oxygen atoms in total. The van der Waals surface area contributed by atoms with Gasteiger partial charge in [-0.2, -0.15) is 0 Å². The Morgan fingerprint density at radius 2 is 1.93 bits per heavy atom. The van der Waals surface area contributed by atoms with Crippen LogP contribution in [0.3, 0.4) is 0 Å². The molecule has 1 heteroatoms. The standard InChI is InChI=1S/C14H16O/c1-15-11-12-7-9-14(10-8-12)13-5-3-2-4-6-13/h3,5-10H,2,4,11H2,1H3. The van der Waals surface area contributed by atoms with Gasteiger partial charge in [0.05, 0.1) is 6.61 Å². The maximum absolute atomic E-state index is 5.08. The van der Waals surface area contributed by atoms with Crippen LogP contribution in [0.5, 0.6) is 0 Å². The molecule has 1 aliphatic carbocycles. The molecule has 0 radical (unpaired) electrons. The maximum Gasteiger partial charge on any atom is 0.0713 e. The van der Waals surface area contributed by atoms with Gasteiger partial charge in [-0.1, -0.05) is 42.5 Å². The Bertz CT molecular complexity index is 371. The van der Waals surface area contributed by atoms with Gasteiger partial charge in [-0.05, 0) is 29.5 Å². The highest BCUT2D eigenvalue weighted by Gasteiger charge is 2.00. The van der Waals surface area contributed by atoms with Crippen LogP contribution in [0.15, 0.2) is 42.5 Å². The molecule has 0 heterocycles. The van der Waals surface area contributed by atoms with E-state index < -0.39 is 0 Å². The second-order valence-corrected chi connectivity index (χ2v) is 3.77. The molecule has 0 unspecified atom stereocenters. The molecular formula is C14H16O. The zero-order valence-electron chi connectivity index (χ0n) is 9.07. The summed E-state index contributed by atoms with van der Waals surface area (Å²) in [6.07, 6.45) is 9.06. The Labute approximate surface area is 91.1 Å². The first-order chi connectivity index (χ1) is 7.40. The van der Waals surface area contributed by atoms with Gasteiger partial charge in [-0.3, -0.25) is 0 Å². The van der Waals surface area contributed by atoms with Gasteiger partial charge in [0, 0.05) is 7.11 Å². The molecule has 1 aromatic rings. The summed E-state index contributed by atoms with van der Waals surface area (Å²) in [5.41, 5.74) is 3.86. The van der Waals surface area contributed by atoms with Gasteiger partial charge >= 0.3 is 0 Å². The first-order valence-corrected chi connectivity index (χ1v) is 5.35. The molecule has 78 valence electrons. The van der Waals surface area contributed by atoms with Crippen LogP contribution in [0.25, 0.3) is 5.57 Å². The van der Waals surface area contributed by atoms with Gasteiger partial charge in [-0.15, -0.1) is 0 Å². The Hall–Kier alpha value is -1.34. The van der Waals surface area contributed by atoms with E-state index in [-0.39, 0.29) is 0 Å². The minimum atomic E-state index is 0.690. The molecule has 0 aliphatic heterocycles. The number of methoxy groups -OCH3 is 1. The molecule has 0 fully saturated rings. The lowest BCUT2D eigenvalue weighted by molar-refractivity contribution is 0.185. The Morgan fingerprint density at radius 3 is 2.53 bits per heavy atom. The lowest BCUT2D eigenvalue weighted by atomic mass is 9.99. The third-order valence-corrected chi connectivity index (χ3v) is 2.59. The first-order valence-electron chi connectivity index (χ1n) is 5.35. The molecule has 0 spiro atoms. The van der Waals surface area contributed by atoms with Crippen LogP contribution in [-0.4, -0.2) is 7.11 Å². The van der Waals surface area contributed by atoms with Gasteiger partial charge in [0.2, 0.25) is 0 Å². The second kappa shape index (κ2) is 4.94. The van der Waals surface area contributed by atoms with E-state index in [9.17, 15) is 0 Å². The molecule has 1 aromatic carbocycles. The van der Waals surface area contributed by atoms with Crippen molar-refractivity contribution in [2.75, 3.05) is 7.11 Å². The zero-order chi connectivity index (χ0) is 10.5. The third-order valence-electron chi connectivity index (χ3n) is 2.59. The summed E-state index contributed by atoms with van der Waals surface area (Å²) < 4.78 is 5.08. The molecule has 0 saturated heterocycles. The molecule has 15 heavy (non-hydrogen) atoms. The van der Waals surface area contributed by atoms with E-state index in [1.54, 1.807) is 7.11 Å². The van der Waals surface area contributed by atoms with Gasteiger partial charge in [-0.25, -0.2) is 0 Å². The van der Waals surface area contributed by atoms with Crippen molar-refractivity contribution in [1.29, 1.82) is 0 Å². The average Bonchev–Trinajstić information content (AvgIpc) is 2.32. The number of allylic oxidation sites excluding steroid dienone is 4. The summed E-state index contributed by atoms with van der Waals surface area (Å²) in [6.45, 7) is 0.690. The van der Waals surface area contributed by atoms with Crippen molar-refractivity contribution >= 4 is 5.57 Å².